The van der Waals surface area contributed by atoms with E-state index in [2.05, 4.69) is 26.1 Å². The molecule has 0 bridgehead atoms. The molecule has 2 fully saturated rings. The van der Waals surface area contributed by atoms with Crippen LogP contribution >= 0.6 is 0 Å². The zero-order valence-corrected chi connectivity index (χ0v) is 15.8. The first kappa shape index (κ1) is 19.7. The second-order valence-electron chi connectivity index (χ2n) is 8.27. The molecular formula is C19H31NO5. The number of esters is 2. The maximum Gasteiger partial charge on any atom is 0.344 e. The minimum atomic E-state index is -0.770. The van der Waals surface area contributed by atoms with Crippen LogP contribution in [0.2, 0.25) is 0 Å². The molecule has 1 amide bonds. The van der Waals surface area contributed by atoms with Crippen molar-refractivity contribution in [2.24, 2.45) is 23.2 Å². The summed E-state index contributed by atoms with van der Waals surface area (Å²) in [5.74, 6) is 0.360. The number of carbonyl (C=O) groups excluding carboxylic acids is 3. The summed E-state index contributed by atoms with van der Waals surface area (Å²) < 4.78 is 10.8. The Morgan fingerprint density at radius 2 is 2.04 bits per heavy atom. The molecular weight excluding hydrogens is 322 g/mol. The summed E-state index contributed by atoms with van der Waals surface area (Å²) in [5, 5.41) is 2.67. The lowest BCUT2D eigenvalue weighted by Gasteiger charge is -2.36. The van der Waals surface area contributed by atoms with E-state index in [1.807, 2.05) is 0 Å². The molecule has 1 N–H and O–H groups in total. The van der Waals surface area contributed by atoms with E-state index in [-0.39, 0.29) is 25.2 Å². The van der Waals surface area contributed by atoms with Crippen LogP contribution in [0.3, 0.4) is 0 Å². The average Bonchev–Trinajstić information content (AvgIpc) is 2.55. The highest BCUT2D eigenvalue weighted by Gasteiger charge is 2.39. The van der Waals surface area contributed by atoms with Crippen LogP contribution in [0.15, 0.2) is 0 Å². The first-order valence-electron chi connectivity index (χ1n) is 9.34. The molecule has 6 nitrogen and oxygen atoms in total. The summed E-state index contributed by atoms with van der Waals surface area (Å²) in [6.45, 7) is 8.11. The second-order valence-corrected chi connectivity index (χ2v) is 8.27. The standard InChI is InChI=1S/C19H31NO5/c1-12(2)14-6-5-13(3)9-15(14)25-17(22)10-24-18(23)19(4)8-7-16(21)20-11-19/h12-15H,5-11H2,1-4H3,(H,20,21). The van der Waals surface area contributed by atoms with Crippen LogP contribution in [-0.2, 0) is 23.9 Å². The van der Waals surface area contributed by atoms with Gasteiger partial charge in [-0.2, -0.15) is 0 Å². The minimum Gasteiger partial charge on any atom is -0.460 e. The van der Waals surface area contributed by atoms with Crippen molar-refractivity contribution < 1.29 is 23.9 Å². The highest BCUT2D eigenvalue weighted by atomic mass is 16.6. The monoisotopic (exact) mass is 353 g/mol. The molecule has 6 heteroatoms. The Labute approximate surface area is 150 Å². The van der Waals surface area contributed by atoms with E-state index in [0.29, 0.717) is 30.6 Å². The Bertz CT molecular complexity index is 506. The van der Waals surface area contributed by atoms with Crippen LogP contribution in [0.1, 0.15) is 59.8 Å². The van der Waals surface area contributed by atoms with Gasteiger partial charge in [-0.05, 0) is 43.9 Å². The van der Waals surface area contributed by atoms with E-state index in [1.165, 1.54) is 0 Å². The van der Waals surface area contributed by atoms with Crippen molar-refractivity contribution in [2.45, 2.75) is 65.9 Å². The third-order valence-electron chi connectivity index (χ3n) is 5.64. The van der Waals surface area contributed by atoms with Crippen LogP contribution in [-0.4, -0.2) is 37.1 Å². The molecule has 0 aromatic heterocycles. The smallest absolute Gasteiger partial charge is 0.344 e. The molecule has 1 saturated carbocycles. The predicted octanol–water partition coefficient (Wildman–Crippen LogP) is 2.45. The van der Waals surface area contributed by atoms with E-state index < -0.39 is 17.4 Å². The van der Waals surface area contributed by atoms with Crippen molar-refractivity contribution >= 4 is 17.8 Å². The first-order chi connectivity index (χ1) is 11.7. The van der Waals surface area contributed by atoms with Crippen molar-refractivity contribution in [3.05, 3.63) is 0 Å². The van der Waals surface area contributed by atoms with Gasteiger partial charge in [0.2, 0.25) is 5.91 Å². The van der Waals surface area contributed by atoms with Crippen LogP contribution in [0.25, 0.3) is 0 Å². The highest BCUT2D eigenvalue weighted by molar-refractivity contribution is 5.84. The van der Waals surface area contributed by atoms with Gasteiger partial charge in [0.25, 0.3) is 0 Å². The second kappa shape index (κ2) is 8.19. The number of nitrogens with one attached hydrogen (secondary N) is 1. The minimum absolute atomic E-state index is 0.0594. The number of hydrogen-bond donors (Lipinski definition) is 1. The molecule has 0 spiro atoms. The normalized spacial score (nSPS) is 32.8. The maximum absolute atomic E-state index is 12.3. The topological polar surface area (TPSA) is 81.7 Å². The third kappa shape index (κ3) is 5.19. The van der Waals surface area contributed by atoms with Gasteiger partial charge in [0.1, 0.15) is 6.10 Å². The Morgan fingerprint density at radius 1 is 1.32 bits per heavy atom. The molecule has 1 saturated heterocycles. The fourth-order valence-electron chi connectivity index (χ4n) is 3.79. The molecule has 0 radical (unpaired) electrons. The van der Waals surface area contributed by atoms with Crippen LogP contribution in [0.4, 0.5) is 0 Å². The number of piperidine rings is 1. The van der Waals surface area contributed by atoms with Gasteiger partial charge in [-0.15, -0.1) is 0 Å². The molecule has 2 aliphatic rings. The molecule has 0 aromatic carbocycles. The summed E-state index contributed by atoms with van der Waals surface area (Å²) in [6, 6.07) is 0. The summed E-state index contributed by atoms with van der Waals surface area (Å²) in [6.07, 6.45) is 3.73. The van der Waals surface area contributed by atoms with Crippen LogP contribution < -0.4 is 5.32 Å². The van der Waals surface area contributed by atoms with E-state index in [1.54, 1.807) is 6.92 Å². The van der Waals surface area contributed by atoms with E-state index in [9.17, 15) is 14.4 Å². The number of hydrogen-bond acceptors (Lipinski definition) is 5. The Morgan fingerprint density at radius 3 is 2.64 bits per heavy atom. The van der Waals surface area contributed by atoms with Gasteiger partial charge in [0.05, 0.1) is 5.41 Å². The van der Waals surface area contributed by atoms with Crippen molar-refractivity contribution in [3.63, 3.8) is 0 Å². The largest absolute Gasteiger partial charge is 0.460 e. The fourth-order valence-corrected chi connectivity index (χ4v) is 3.79. The fraction of sp³-hybridized carbons (Fsp3) is 0.842. The number of amides is 1. The number of ether oxygens (including phenoxy) is 2. The SMILES string of the molecule is CC1CCC(C(C)C)C(OC(=O)COC(=O)C2(C)CCC(=O)NC2)C1. The van der Waals surface area contributed by atoms with Gasteiger partial charge in [-0.25, -0.2) is 4.79 Å². The molecule has 1 aliphatic carbocycles. The van der Waals surface area contributed by atoms with Crippen LogP contribution in [0, 0.1) is 23.2 Å². The zero-order chi connectivity index (χ0) is 18.6. The van der Waals surface area contributed by atoms with Crippen molar-refractivity contribution in [3.8, 4) is 0 Å². The Kier molecular flexibility index (Phi) is 6.47. The van der Waals surface area contributed by atoms with Gasteiger partial charge >= 0.3 is 11.9 Å². The quantitative estimate of drug-likeness (QED) is 0.768. The van der Waals surface area contributed by atoms with Gasteiger partial charge in [-0.3, -0.25) is 9.59 Å². The summed E-state index contributed by atoms with van der Waals surface area (Å²) in [7, 11) is 0. The maximum atomic E-state index is 12.3. The van der Waals surface area contributed by atoms with Gasteiger partial charge < -0.3 is 14.8 Å². The summed E-state index contributed by atoms with van der Waals surface area (Å²) in [4.78, 5) is 35.7. The van der Waals surface area contributed by atoms with Crippen molar-refractivity contribution in [2.75, 3.05) is 13.2 Å². The zero-order valence-electron chi connectivity index (χ0n) is 15.8. The molecule has 1 aliphatic heterocycles. The van der Waals surface area contributed by atoms with E-state index in [0.717, 1.165) is 19.3 Å². The highest BCUT2D eigenvalue weighted by Crippen LogP contribution is 2.35. The van der Waals surface area contributed by atoms with Gasteiger partial charge in [0.15, 0.2) is 6.61 Å². The summed E-state index contributed by atoms with van der Waals surface area (Å²) in [5.41, 5.74) is -0.770. The lowest BCUT2D eigenvalue weighted by Crippen LogP contribution is -2.47. The molecule has 4 unspecified atom stereocenters. The van der Waals surface area contributed by atoms with Crippen molar-refractivity contribution in [1.29, 1.82) is 0 Å². The lowest BCUT2D eigenvalue weighted by molar-refractivity contribution is -0.172. The number of carbonyl (C=O) groups is 3. The Hall–Kier alpha value is -1.59. The molecule has 1 heterocycles. The molecule has 2 rings (SSSR count). The third-order valence-corrected chi connectivity index (χ3v) is 5.64. The summed E-state index contributed by atoms with van der Waals surface area (Å²) >= 11 is 0. The molecule has 4 atom stereocenters. The van der Waals surface area contributed by atoms with Crippen LogP contribution in [0.5, 0.6) is 0 Å². The first-order valence-corrected chi connectivity index (χ1v) is 9.34. The molecule has 25 heavy (non-hydrogen) atoms. The lowest BCUT2D eigenvalue weighted by atomic mass is 9.75. The molecule has 0 aromatic rings. The van der Waals surface area contributed by atoms with E-state index >= 15 is 0 Å². The predicted molar refractivity (Wildman–Crippen MR) is 92.5 cm³/mol. The Balaban J connectivity index is 1.83. The van der Waals surface area contributed by atoms with Gasteiger partial charge in [-0.1, -0.05) is 27.2 Å². The molecule has 142 valence electrons. The average molecular weight is 353 g/mol. The number of rotatable bonds is 5. The van der Waals surface area contributed by atoms with E-state index in [4.69, 9.17) is 9.47 Å². The van der Waals surface area contributed by atoms with Gasteiger partial charge in [0, 0.05) is 13.0 Å². The van der Waals surface area contributed by atoms with Crippen molar-refractivity contribution in [1.82, 2.24) is 5.32 Å².